The molecule has 0 spiro atoms. The molecule has 2 N–H and O–H groups in total. The van der Waals surface area contributed by atoms with Gasteiger partial charge in [0, 0.05) is 13.1 Å². The van der Waals surface area contributed by atoms with Gasteiger partial charge in [0.05, 0.1) is 0 Å². The Morgan fingerprint density at radius 3 is 3.00 bits per heavy atom. The molecule has 0 radical (unpaired) electrons. The number of hydrogen-bond donors (Lipinski definition) is 1. The Labute approximate surface area is 66.9 Å². The first kappa shape index (κ1) is 8.27. The number of carbonyl (C=O) groups is 1. The SMILES string of the molecule is C=CC(=O)N1CC[C@@H](CN)C1. The van der Waals surface area contributed by atoms with Gasteiger partial charge in [-0.15, -0.1) is 0 Å². The summed E-state index contributed by atoms with van der Waals surface area (Å²) in [6.45, 7) is 5.76. The summed E-state index contributed by atoms with van der Waals surface area (Å²) in [6, 6.07) is 0. The van der Waals surface area contributed by atoms with Gasteiger partial charge >= 0.3 is 0 Å². The average Bonchev–Trinajstić information content (AvgIpc) is 2.50. The van der Waals surface area contributed by atoms with Crippen molar-refractivity contribution in [3.8, 4) is 0 Å². The smallest absolute Gasteiger partial charge is 0.245 e. The Balaban J connectivity index is 2.41. The minimum atomic E-state index is 0.0287. The molecule has 1 amide bonds. The highest BCUT2D eigenvalue weighted by Gasteiger charge is 2.23. The molecule has 1 aliphatic rings. The van der Waals surface area contributed by atoms with Crippen LogP contribution in [0.3, 0.4) is 0 Å². The molecule has 11 heavy (non-hydrogen) atoms. The van der Waals surface area contributed by atoms with Gasteiger partial charge in [-0.2, -0.15) is 0 Å². The number of likely N-dealkylation sites (tertiary alicyclic amines) is 1. The second-order valence-corrected chi connectivity index (χ2v) is 2.88. The molecule has 3 nitrogen and oxygen atoms in total. The molecule has 0 aromatic carbocycles. The fraction of sp³-hybridized carbons (Fsp3) is 0.625. The third-order valence-corrected chi connectivity index (χ3v) is 2.11. The van der Waals surface area contributed by atoms with E-state index in [1.54, 1.807) is 4.90 Å². The van der Waals surface area contributed by atoms with E-state index in [0.717, 1.165) is 19.5 Å². The molecule has 0 unspecified atom stereocenters. The van der Waals surface area contributed by atoms with E-state index in [0.29, 0.717) is 12.5 Å². The molecule has 1 saturated heterocycles. The highest BCUT2D eigenvalue weighted by atomic mass is 16.2. The molecular weight excluding hydrogens is 140 g/mol. The van der Waals surface area contributed by atoms with E-state index in [1.165, 1.54) is 6.08 Å². The lowest BCUT2D eigenvalue weighted by Crippen LogP contribution is -2.27. The van der Waals surface area contributed by atoms with E-state index >= 15 is 0 Å². The normalized spacial score (nSPS) is 23.7. The van der Waals surface area contributed by atoms with Crippen LogP contribution in [0.2, 0.25) is 0 Å². The third-order valence-electron chi connectivity index (χ3n) is 2.11. The zero-order valence-electron chi connectivity index (χ0n) is 6.62. The van der Waals surface area contributed by atoms with Gasteiger partial charge in [-0.25, -0.2) is 0 Å². The van der Waals surface area contributed by atoms with Crippen LogP contribution in [0.5, 0.6) is 0 Å². The quantitative estimate of drug-likeness (QED) is 0.568. The summed E-state index contributed by atoms with van der Waals surface area (Å²) in [7, 11) is 0. The van der Waals surface area contributed by atoms with Crippen LogP contribution in [-0.2, 0) is 4.79 Å². The van der Waals surface area contributed by atoms with Crippen LogP contribution >= 0.6 is 0 Å². The highest BCUT2D eigenvalue weighted by molar-refractivity contribution is 5.87. The van der Waals surface area contributed by atoms with Gasteiger partial charge in [0.25, 0.3) is 0 Å². The lowest BCUT2D eigenvalue weighted by Gasteiger charge is -2.12. The van der Waals surface area contributed by atoms with E-state index in [-0.39, 0.29) is 5.91 Å². The second kappa shape index (κ2) is 3.53. The van der Waals surface area contributed by atoms with Gasteiger partial charge in [-0.05, 0) is 25.0 Å². The lowest BCUT2D eigenvalue weighted by atomic mass is 10.1. The molecule has 1 fully saturated rings. The monoisotopic (exact) mass is 154 g/mol. The van der Waals surface area contributed by atoms with Crippen molar-refractivity contribution >= 4 is 5.91 Å². The van der Waals surface area contributed by atoms with E-state index in [2.05, 4.69) is 6.58 Å². The van der Waals surface area contributed by atoms with Crippen molar-refractivity contribution in [2.75, 3.05) is 19.6 Å². The zero-order chi connectivity index (χ0) is 8.27. The maximum Gasteiger partial charge on any atom is 0.245 e. The minimum Gasteiger partial charge on any atom is -0.339 e. The third kappa shape index (κ3) is 1.80. The molecule has 1 atom stereocenters. The van der Waals surface area contributed by atoms with Crippen molar-refractivity contribution in [1.29, 1.82) is 0 Å². The molecule has 0 bridgehead atoms. The van der Waals surface area contributed by atoms with Gasteiger partial charge in [0.2, 0.25) is 5.91 Å². The van der Waals surface area contributed by atoms with Crippen molar-refractivity contribution in [3.63, 3.8) is 0 Å². The highest BCUT2D eigenvalue weighted by Crippen LogP contribution is 2.14. The summed E-state index contributed by atoms with van der Waals surface area (Å²) < 4.78 is 0. The molecular formula is C8H14N2O. The van der Waals surface area contributed by atoms with Crippen LogP contribution in [0.15, 0.2) is 12.7 Å². The van der Waals surface area contributed by atoms with E-state index in [4.69, 9.17) is 5.73 Å². The Hall–Kier alpha value is -0.830. The molecule has 1 aliphatic heterocycles. The summed E-state index contributed by atoms with van der Waals surface area (Å²) in [4.78, 5) is 12.8. The van der Waals surface area contributed by atoms with Crippen LogP contribution < -0.4 is 5.73 Å². The van der Waals surface area contributed by atoms with Crippen LogP contribution in [0.1, 0.15) is 6.42 Å². The lowest BCUT2D eigenvalue weighted by molar-refractivity contribution is -0.125. The Bertz CT molecular complexity index is 167. The maximum atomic E-state index is 11.0. The van der Waals surface area contributed by atoms with Gasteiger partial charge in [-0.3, -0.25) is 4.79 Å². The Morgan fingerprint density at radius 2 is 2.55 bits per heavy atom. The molecule has 0 aromatic rings. The molecule has 0 saturated carbocycles. The van der Waals surface area contributed by atoms with E-state index in [1.807, 2.05) is 0 Å². The number of nitrogens with zero attached hydrogens (tertiary/aromatic N) is 1. The number of hydrogen-bond acceptors (Lipinski definition) is 2. The van der Waals surface area contributed by atoms with Crippen LogP contribution in [0.4, 0.5) is 0 Å². The van der Waals surface area contributed by atoms with Gasteiger partial charge in [0.1, 0.15) is 0 Å². The predicted octanol–water partition coefficient (Wildman–Crippen LogP) is -0.0204. The summed E-state index contributed by atoms with van der Waals surface area (Å²) in [5.41, 5.74) is 5.47. The number of rotatable bonds is 2. The van der Waals surface area contributed by atoms with Crippen molar-refractivity contribution < 1.29 is 4.79 Å². The second-order valence-electron chi connectivity index (χ2n) is 2.88. The van der Waals surface area contributed by atoms with Gasteiger partial charge in [-0.1, -0.05) is 6.58 Å². The predicted molar refractivity (Wildman–Crippen MR) is 43.9 cm³/mol. The fourth-order valence-corrected chi connectivity index (χ4v) is 1.35. The molecule has 1 rings (SSSR count). The van der Waals surface area contributed by atoms with Crippen molar-refractivity contribution in [1.82, 2.24) is 4.90 Å². The number of carbonyl (C=O) groups excluding carboxylic acids is 1. The van der Waals surface area contributed by atoms with Gasteiger partial charge in [0.15, 0.2) is 0 Å². The summed E-state index contributed by atoms with van der Waals surface area (Å²) >= 11 is 0. The minimum absolute atomic E-state index is 0.0287. The molecule has 0 aromatic heterocycles. The van der Waals surface area contributed by atoms with Crippen LogP contribution in [0.25, 0.3) is 0 Å². The van der Waals surface area contributed by atoms with Crippen molar-refractivity contribution in [2.24, 2.45) is 11.7 Å². The van der Waals surface area contributed by atoms with Gasteiger partial charge < -0.3 is 10.6 Å². The summed E-state index contributed by atoms with van der Waals surface area (Å²) in [6.07, 6.45) is 2.40. The van der Waals surface area contributed by atoms with Crippen molar-refractivity contribution in [2.45, 2.75) is 6.42 Å². The number of amides is 1. The summed E-state index contributed by atoms with van der Waals surface area (Å²) in [5.74, 6) is 0.528. The van der Waals surface area contributed by atoms with Crippen LogP contribution in [-0.4, -0.2) is 30.4 Å². The molecule has 62 valence electrons. The van der Waals surface area contributed by atoms with Crippen molar-refractivity contribution in [3.05, 3.63) is 12.7 Å². The zero-order valence-corrected chi connectivity index (χ0v) is 6.62. The maximum absolute atomic E-state index is 11.0. The first-order valence-electron chi connectivity index (χ1n) is 3.89. The molecule has 3 heteroatoms. The fourth-order valence-electron chi connectivity index (χ4n) is 1.35. The molecule has 1 heterocycles. The molecule has 0 aliphatic carbocycles. The van der Waals surface area contributed by atoms with E-state index in [9.17, 15) is 4.79 Å². The standard InChI is InChI=1S/C8H14N2O/c1-2-8(11)10-4-3-7(5-9)6-10/h2,7H,1,3-6,9H2/t7-/m0/s1. The summed E-state index contributed by atoms with van der Waals surface area (Å²) in [5, 5.41) is 0. The Morgan fingerprint density at radius 1 is 1.82 bits per heavy atom. The van der Waals surface area contributed by atoms with E-state index < -0.39 is 0 Å². The number of nitrogens with two attached hydrogens (primary N) is 1. The largest absolute Gasteiger partial charge is 0.339 e. The average molecular weight is 154 g/mol. The van der Waals surface area contributed by atoms with Crippen LogP contribution in [0, 0.1) is 5.92 Å². The Kier molecular flexibility index (Phi) is 2.65. The first-order chi connectivity index (χ1) is 5.27. The first-order valence-corrected chi connectivity index (χ1v) is 3.89. The topological polar surface area (TPSA) is 46.3 Å².